The zero-order valence-corrected chi connectivity index (χ0v) is 10.2. The number of sulfone groups is 1. The van der Waals surface area contributed by atoms with Gasteiger partial charge < -0.3 is 4.74 Å². The second-order valence-electron chi connectivity index (χ2n) is 5.34. The van der Waals surface area contributed by atoms with E-state index in [2.05, 4.69) is 0 Å². The predicted molar refractivity (Wildman–Crippen MR) is 62.4 cm³/mol. The normalized spacial score (nSPS) is 42.5. The third-order valence-electron chi connectivity index (χ3n) is 4.51. The van der Waals surface area contributed by atoms with Crippen molar-refractivity contribution < 1.29 is 13.2 Å². The highest BCUT2D eigenvalue weighted by atomic mass is 32.2. The topological polar surface area (TPSA) is 46.7 Å². The highest BCUT2D eigenvalue weighted by Crippen LogP contribution is 2.66. The number of epoxide rings is 1. The smallest absolute Gasteiger partial charge is 0.187 e. The molecule has 1 aliphatic heterocycles. The summed E-state index contributed by atoms with van der Waals surface area (Å²) in [5.41, 5.74) is 0. The number of ether oxygens (including phenoxy) is 1. The molecule has 0 bridgehead atoms. The number of benzene rings is 1. The summed E-state index contributed by atoms with van der Waals surface area (Å²) in [5, 5.41) is 0. The summed E-state index contributed by atoms with van der Waals surface area (Å²) in [6.45, 7) is 0. The van der Waals surface area contributed by atoms with E-state index in [1.807, 2.05) is 6.07 Å². The van der Waals surface area contributed by atoms with Crippen LogP contribution < -0.4 is 0 Å². The first-order valence-corrected chi connectivity index (χ1v) is 7.60. The fourth-order valence-electron chi connectivity index (χ4n) is 3.48. The Hall–Kier alpha value is -0.870. The molecule has 17 heavy (non-hydrogen) atoms. The van der Waals surface area contributed by atoms with Gasteiger partial charge in [-0.3, -0.25) is 0 Å². The van der Waals surface area contributed by atoms with Gasteiger partial charge in [0.25, 0.3) is 0 Å². The summed E-state index contributed by atoms with van der Waals surface area (Å²) in [6.07, 6.45) is 3.04. The van der Waals surface area contributed by atoms with E-state index in [9.17, 15) is 8.42 Å². The molecule has 1 heterocycles. The first-order valence-electron chi connectivity index (χ1n) is 6.11. The minimum Gasteiger partial charge on any atom is -0.368 e. The van der Waals surface area contributed by atoms with E-state index >= 15 is 0 Å². The molecular weight excluding hydrogens is 236 g/mol. The molecule has 1 saturated heterocycles. The SMILES string of the molecule is O=S(=O)(c1ccccc1)[C@@]12C[C@@H]1CC[C@H]1O[C@H]12. The molecule has 90 valence electrons. The molecule has 0 aromatic heterocycles. The Labute approximate surface area is 101 Å². The fourth-order valence-corrected chi connectivity index (χ4v) is 5.92. The Balaban J connectivity index is 1.81. The minimum absolute atomic E-state index is 0.0218. The first-order chi connectivity index (χ1) is 8.16. The van der Waals surface area contributed by atoms with Gasteiger partial charge in [0, 0.05) is 0 Å². The number of hydrogen-bond acceptors (Lipinski definition) is 3. The zero-order valence-electron chi connectivity index (χ0n) is 9.37. The van der Waals surface area contributed by atoms with Crippen molar-refractivity contribution in [1.29, 1.82) is 0 Å². The molecule has 3 aliphatic rings. The van der Waals surface area contributed by atoms with Crippen molar-refractivity contribution in [2.75, 3.05) is 0 Å². The van der Waals surface area contributed by atoms with Crippen LogP contribution in [0, 0.1) is 5.92 Å². The summed E-state index contributed by atoms with van der Waals surface area (Å²) in [7, 11) is -3.22. The molecule has 4 rings (SSSR count). The minimum atomic E-state index is -3.22. The molecule has 4 atom stereocenters. The lowest BCUT2D eigenvalue weighted by Gasteiger charge is -2.19. The van der Waals surface area contributed by atoms with Crippen molar-refractivity contribution in [3.05, 3.63) is 30.3 Å². The third-order valence-corrected chi connectivity index (χ3v) is 7.14. The van der Waals surface area contributed by atoms with Crippen molar-refractivity contribution >= 4 is 9.84 Å². The van der Waals surface area contributed by atoms with E-state index < -0.39 is 14.6 Å². The standard InChI is InChI=1S/C13H14O3S/c14-17(15,10-4-2-1-3-5-10)13-8-9(13)6-7-11-12(13)16-11/h1-5,9,11-12H,6-8H2/t9-,11+,12+,13-/m0/s1. The van der Waals surface area contributed by atoms with Crippen LogP contribution in [0.5, 0.6) is 0 Å². The van der Waals surface area contributed by atoms with Gasteiger partial charge in [-0.1, -0.05) is 18.2 Å². The fraction of sp³-hybridized carbons (Fsp3) is 0.538. The molecule has 0 N–H and O–H groups in total. The Bertz CT molecular complexity index is 566. The van der Waals surface area contributed by atoms with Gasteiger partial charge in [0.2, 0.25) is 0 Å². The van der Waals surface area contributed by atoms with Crippen LogP contribution >= 0.6 is 0 Å². The number of hydrogen-bond donors (Lipinski definition) is 0. The molecule has 0 spiro atoms. The van der Waals surface area contributed by atoms with Gasteiger partial charge in [-0.15, -0.1) is 0 Å². The van der Waals surface area contributed by atoms with Gasteiger partial charge in [0.05, 0.1) is 11.0 Å². The lowest BCUT2D eigenvalue weighted by molar-refractivity contribution is 0.363. The Morgan fingerprint density at radius 1 is 1.18 bits per heavy atom. The predicted octanol–water partition coefficient (Wildman–Crippen LogP) is 1.78. The second kappa shape index (κ2) is 2.93. The molecule has 0 radical (unpaired) electrons. The van der Waals surface area contributed by atoms with Crippen molar-refractivity contribution in [3.63, 3.8) is 0 Å². The Morgan fingerprint density at radius 3 is 2.71 bits per heavy atom. The van der Waals surface area contributed by atoms with Gasteiger partial charge >= 0.3 is 0 Å². The molecule has 3 nitrogen and oxygen atoms in total. The molecule has 2 saturated carbocycles. The molecule has 2 aliphatic carbocycles. The number of rotatable bonds is 2. The van der Waals surface area contributed by atoms with Gasteiger partial charge in [0.1, 0.15) is 10.9 Å². The first kappa shape index (κ1) is 10.1. The summed E-state index contributed by atoms with van der Waals surface area (Å²) < 4.78 is 30.4. The summed E-state index contributed by atoms with van der Waals surface area (Å²) in [5.74, 6) is 0.330. The molecule has 0 unspecified atom stereocenters. The van der Waals surface area contributed by atoms with Gasteiger partial charge in [0.15, 0.2) is 9.84 Å². The quantitative estimate of drug-likeness (QED) is 0.752. The Morgan fingerprint density at radius 2 is 1.94 bits per heavy atom. The van der Waals surface area contributed by atoms with E-state index in [4.69, 9.17) is 4.74 Å². The van der Waals surface area contributed by atoms with Gasteiger partial charge in [-0.2, -0.15) is 0 Å². The van der Waals surface area contributed by atoms with Crippen molar-refractivity contribution in [2.24, 2.45) is 5.92 Å². The molecule has 1 aromatic rings. The molecule has 1 aromatic carbocycles. The summed E-state index contributed by atoms with van der Waals surface area (Å²) in [4.78, 5) is 0.457. The Kier molecular flexibility index (Phi) is 1.74. The van der Waals surface area contributed by atoms with E-state index in [1.54, 1.807) is 24.3 Å². The van der Waals surface area contributed by atoms with E-state index in [1.165, 1.54) is 0 Å². The van der Waals surface area contributed by atoms with Crippen LogP contribution in [0.2, 0.25) is 0 Å². The molecule has 3 fully saturated rings. The van der Waals surface area contributed by atoms with Crippen LogP contribution in [0.1, 0.15) is 19.3 Å². The van der Waals surface area contributed by atoms with Crippen LogP contribution in [-0.4, -0.2) is 25.4 Å². The summed E-state index contributed by atoms with van der Waals surface area (Å²) >= 11 is 0. The van der Waals surface area contributed by atoms with E-state index in [0.717, 1.165) is 19.3 Å². The molecular formula is C13H14O3S. The van der Waals surface area contributed by atoms with Crippen LogP contribution in [0.4, 0.5) is 0 Å². The lowest BCUT2D eigenvalue weighted by atomic mass is 10.0. The van der Waals surface area contributed by atoms with E-state index in [0.29, 0.717) is 10.8 Å². The average molecular weight is 250 g/mol. The van der Waals surface area contributed by atoms with Crippen LogP contribution in [0.3, 0.4) is 0 Å². The zero-order chi connectivity index (χ0) is 11.7. The third kappa shape index (κ3) is 1.13. The summed E-state index contributed by atoms with van der Waals surface area (Å²) in [6, 6.07) is 8.82. The highest BCUT2D eigenvalue weighted by Gasteiger charge is 2.76. The maximum atomic E-state index is 12.7. The van der Waals surface area contributed by atoms with Gasteiger partial charge in [-0.05, 0) is 37.3 Å². The maximum absolute atomic E-state index is 12.7. The largest absolute Gasteiger partial charge is 0.368 e. The number of fused-ring (bicyclic) bond motifs is 3. The van der Waals surface area contributed by atoms with Crippen molar-refractivity contribution in [2.45, 2.75) is 41.1 Å². The second-order valence-corrected chi connectivity index (χ2v) is 7.58. The average Bonchev–Trinajstić information content (AvgIpc) is 3.20. The monoisotopic (exact) mass is 250 g/mol. The molecule has 4 heteroatoms. The van der Waals surface area contributed by atoms with E-state index in [-0.39, 0.29) is 12.2 Å². The lowest BCUT2D eigenvalue weighted by Crippen LogP contribution is -2.35. The van der Waals surface area contributed by atoms with Gasteiger partial charge in [-0.25, -0.2) is 8.42 Å². The molecule has 0 amide bonds. The van der Waals surface area contributed by atoms with Crippen molar-refractivity contribution in [3.8, 4) is 0 Å². The van der Waals surface area contributed by atoms with Crippen molar-refractivity contribution in [1.82, 2.24) is 0 Å². The van der Waals surface area contributed by atoms with Crippen LogP contribution in [0.15, 0.2) is 35.2 Å². The highest BCUT2D eigenvalue weighted by molar-refractivity contribution is 7.93. The van der Waals surface area contributed by atoms with Crippen LogP contribution in [-0.2, 0) is 14.6 Å². The van der Waals surface area contributed by atoms with Crippen LogP contribution in [0.25, 0.3) is 0 Å². The maximum Gasteiger partial charge on any atom is 0.187 e.